The standard InChI is InChI=1S/C18H22N4O/c1-4-13-6-5-7-15(23-3)17(13)22-16(11-19)20-21-18(22)14-9-8-12(2)10-14/h5-9H,4,10-11,19H2,1-3H3. The SMILES string of the molecule is CCc1cccc(OC)c1-n1c(CN)nnc1C1=CC=C(C)C1. The molecule has 0 atom stereocenters. The second-order valence-corrected chi connectivity index (χ2v) is 5.68. The molecular weight excluding hydrogens is 288 g/mol. The number of allylic oxidation sites excluding steroid dienone is 4. The third-order valence-electron chi connectivity index (χ3n) is 4.15. The van der Waals surface area contributed by atoms with Gasteiger partial charge in [0.25, 0.3) is 0 Å². The maximum atomic E-state index is 5.91. The Morgan fingerprint density at radius 2 is 2.09 bits per heavy atom. The van der Waals surface area contributed by atoms with Crippen molar-refractivity contribution in [2.45, 2.75) is 33.2 Å². The van der Waals surface area contributed by atoms with E-state index >= 15 is 0 Å². The predicted octanol–water partition coefficient (Wildman–Crippen LogP) is 3.03. The Hall–Kier alpha value is -2.40. The molecule has 0 saturated heterocycles. The van der Waals surface area contributed by atoms with Crippen molar-refractivity contribution < 1.29 is 4.74 Å². The van der Waals surface area contributed by atoms with E-state index in [0.717, 1.165) is 41.5 Å². The molecule has 0 aliphatic heterocycles. The van der Waals surface area contributed by atoms with Crippen LogP contribution in [0, 0.1) is 0 Å². The summed E-state index contributed by atoms with van der Waals surface area (Å²) in [5, 5.41) is 8.71. The molecule has 1 aliphatic carbocycles. The zero-order valence-corrected chi connectivity index (χ0v) is 13.8. The Kier molecular flexibility index (Phi) is 4.30. The van der Waals surface area contributed by atoms with E-state index in [-0.39, 0.29) is 0 Å². The van der Waals surface area contributed by atoms with Crippen LogP contribution in [0.3, 0.4) is 0 Å². The first-order valence-electron chi connectivity index (χ1n) is 7.86. The van der Waals surface area contributed by atoms with E-state index in [1.807, 2.05) is 12.1 Å². The molecule has 5 nitrogen and oxygen atoms in total. The number of benzene rings is 1. The lowest BCUT2D eigenvalue weighted by Crippen LogP contribution is -2.12. The molecule has 0 fully saturated rings. The molecule has 120 valence electrons. The van der Waals surface area contributed by atoms with Gasteiger partial charge in [-0.2, -0.15) is 0 Å². The fourth-order valence-electron chi connectivity index (χ4n) is 2.98. The van der Waals surface area contributed by atoms with Crippen LogP contribution in [-0.2, 0) is 13.0 Å². The van der Waals surface area contributed by atoms with Gasteiger partial charge in [-0.15, -0.1) is 10.2 Å². The molecule has 23 heavy (non-hydrogen) atoms. The highest BCUT2D eigenvalue weighted by atomic mass is 16.5. The van der Waals surface area contributed by atoms with Crippen molar-refractivity contribution in [3.05, 3.63) is 53.1 Å². The van der Waals surface area contributed by atoms with Gasteiger partial charge >= 0.3 is 0 Å². The van der Waals surface area contributed by atoms with Crippen LogP contribution in [0.1, 0.15) is 37.5 Å². The number of nitrogens with zero attached hydrogens (tertiary/aromatic N) is 3. The molecule has 0 spiro atoms. The van der Waals surface area contributed by atoms with Gasteiger partial charge in [-0.1, -0.05) is 36.8 Å². The molecule has 5 heteroatoms. The fourth-order valence-corrected chi connectivity index (χ4v) is 2.98. The van der Waals surface area contributed by atoms with Crippen molar-refractivity contribution in [2.75, 3.05) is 7.11 Å². The number of aryl methyl sites for hydroxylation is 1. The van der Waals surface area contributed by atoms with Crippen LogP contribution >= 0.6 is 0 Å². The first kappa shape index (κ1) is 15.5. The number of nitrogens with two attached hydrogens (primary N) is 1. The third-order valence-corrected chi connectivity index (χ3v) is 4.15. The van der Waals surface area contributed by atoms with Crippen molar-refractivity contribution >= 4 is 5.57 Å². The van der Waals surface area contributed by atoms with E-state index in [9.17, 15) is 0 Å². The summed E-state index contributed by atoms with van der Waals surface area (Å²) in [5.74, 6) is 2.39. The zero-order valence-electron chi connectivity index (χ0n) is 13.8. The minimum atomic E-state index is 0.327. The van der Waals surface area contributed by atoms with Gasteiger partial charge in [0.1, 0.15) is 5.75 Å². The molecule has 1 aromatic heterocycles. The first-order chi connectivity index (χ1) is 11.2. The van der Waals surface area contributed by atoms with Crippen LogP contribution in [-0.4, -0.2) is 21.9 Å². The van der Waals surface area contributed by atoms with Gasteiger partial charge in [-0.25, -0.2) is 0 Å². The maximum absolute atomic E-state index is 5.91. The first-order valence-corrected chi connectivity index (χ1v) is 7.86. The van der Waals surface area contributed by atoms with Gasteiger partial charge in [-0.3, -0.25) is 4.57 Å². The van der Waals surface area contributed by atoms with Crippen molar-refractivity contribution in [3.8, 4) is 11.4 Å². The van der Waals surface area contributed by atoms with Crippen LogP contribution in [0.4, 0.5) is 0 Å². The van der Waals surface area contributed by atoms with Crippen LogP contribution in [0.5, 0.6) is 5.75 Å². The molecule has 1 aliphatic rings. The molecule has 0 radical (unpaired) electrons. The normalized spacial score (nSPS) is 13.9. The fraction of sp³-hybridized carbons (Fsp3) is 0.333. The molecule has 0 saturated carbocycles. The highest BCUT2D eigenvalue weighted by Crippen LogP contribution is 2.34. The van der Waals surface area contributed by atoms with Gasteiger partial charge in [0.2, 0.25) is 0 Å². The Labute approximate surface area is 136 Å². The second kappa shape index (κ2) is 6.38. The monoisotopic (exact) mass is 310 g/mol. The Morgan fingerprint density at radius 1 is 1.26 bits per heavy atom. The average Bonchev–Trinajstić information content (AvgIpc) is 3.19. The summed E-state index contributed by atoms with van der Waals surface area (Å²) in [6.07, 6.45) is 6.01. The van der Waals surface area contributed by atoms with Crippen molar-refractivity contribution in [1.82, 2.24) is 14.8 Å². The molecule has 2 aromatic rings. The lowest BCUT2D eigenvalue weighted by atomic mass is 10.1. The van der Waals surface area contributed by atoms with Crippen LogP contribution in [0.15, 0.2) is 35.9 Å². The van der Waals surface area contributed by atoms with E-state index in [1.165, 1.54) is 11.1 Å². The van der Waals surface area contributed by atoms with Gasteiger partial charge in [0.15, 0.2) is 11.6 Å². The minimum absolute atomic E-state index is 0.327. The van der Waals surface area contributed by atoms with Gasteiger partial charge < -0.3 is 10.5 Å². The van der Waals surface area contributed by atoms with Gasteiger partial charge in [0.05, 0.1) is 19.3 Å². The topological polar surface area (TPSA) is 66.0 Å². The quantitative estimate of drug-likeness (QED) is 0.922. The number of aromatic nitrogens is 3. The van der Waals surface area contributed by atoms with E-state index in [1.54, 1.807) is 7.11 Å². The molecule has 3 rings (SSSR count). The maximum Gasteiger partial charge on any atom is 0.164 e. The summed E-state index contributed by atoms with van der Waals surface area (Å²) in [6.45, 7) is 4.58. The van der Waals surface area contributed by atoms with E-state index in [2.05, 4.69) is 46.8 Å². The van der Waals surface area contributed by atoms with Crippen LogP contribution < -0.4 is 10.5 Å². The summed E-state index contributed by atoms with van der Waals surface area (Å²) >= 11 is 0. The molecule has 1 aromatic carbocycles. The number of hydrogen-bond donors (Lipinski definition) is 1. The second-order valence-electron chi connectivity index (χ2n) is 5.68. The van der Waals surface area contributed by atoms with Gasteiger partial charge in [-0.05, 0) is 31.4 Å². The number of rotatable bonds is 5. The van der Waals surface area contributed by atoms with Crippen molar-refractivity contribution in [3.63, 3.8) is 0 Å². The number of para-hydroxylation sites is 1. The Balaban J connectivity index is 2.22. The molecule has 0 amide bonds. The molecule has 0 unspecified atom stereocenters. The predicted molar refractivity (Wildman–Crippen MR) is 91.5 cm³/mol. The van der Waals surface area contributed by atoms with E-state index in [0.29, 0.717) is 6.54 Å². The zero-order chi connectivity index (χ0) is 16.4. The minimum Gasteiger partial charge on any atom is -0.495 e. The highest BCUT2D eigenvalue weighted by molar-refractivity contribution is 5.70. The Morgan fingerprint density at radius 3 is 2.70 bits per heavy atom. The van der Waals surface area contributed by atoms with Crippen molar-refractivity contribution in [2.24, 2.45) is 5.73 Å². The lowest BCUT2D eigenvalue weighted by molar-refractivity contribution is 0.412. The molecule has 1 heterocycles. The van der Waals surface area contributed by atoms with Crippen LogP contribution in [0.25, 0.3) is 11.3 Å². The lowest BCUT2D eigenvalue weighted by Gasteiger charge is -2.17. The third kappa shape index (κ3) is 2.68. The summed E-state index contributed by atoms with van der Waals surface area (Å²) in [7, 11) is 1.69. The van der Waals surface area contributed by atoms with E-state index < -0.39 is 0 Å². The number of hydrogen-bond acceptors (Lipinski definition) is 4. The molecule has 0 bridgehead atoms. The average molecular weight is 310 g/mol. The molecular formula is C18H22N4O. The summed E-state index contributed by atoms with van der Waals surface area (Å²) in [6, 6.07) is 6.08. The van der Waals surface area contributed by atoms with Crippen molar-refractivity contribution in [1.29, 1.82) is 0 Å². The number of methoxy groups -OCH3 is 1. The van der Waals surface area contributed by atoms with Crippen LogP contribution in [0.2, 0.25) is 0 Å². The Bertz CT molecular complexity index is 764. The number of ether oxygens (including phenoxy) is 1. The van der Waals surface area contributed by atoms with E-state index in [4.69, 9.17) is 10.5 Å². The largest absolute Gasteiger partial charge is 0.495 e. The summed E-state index contributed by atoms with van der Waals surface area (Å²) in [5.41, 5.74) is 10.6. The summed E-state index contributed by atoms with van der Waals surface area (Å²) < 4.78 is 7.65. The summed E-state index contributed by atoms with van der Waals surface area (Å²) in [4.78, 5) is 0. The smallest absolute Gasteiger partial charge is 0.164 e. The van der Waals surface area contributed by atoms with Gasteiger partial charge in [0, 0.05) is 5.57 Å². The highest BCUT2D eigenvalue weighted by Gasteiger charge is 2.22. The molecule has 2 N–H and O–H groups in total.